The van der Waals surface area contributed by atoms with Crippen LogP contribution in [0.25, 0.3) is 0 Å². The predicted octanol–water partition coefficient (Wildman–Crippen LogP) is 1.82. The van der Waals surface area contributed by atoms with Crippen LogP contribution in [-0.2, 0) is 6.54 Å². The summed E-state index contributed by atoms with van der Waals surface area (Å²) in [6.07, 6.45) is 6.48. The molecule has 1 N–H and O–H groups in total. The third kappa shape index (κ3) is 3.97. The molecule has 1 saturated carbocycles. The lowest BCUT2D eigenvalue weighted by Gasteiger charge is -2.19. The molecule has 1 aromatic rings. The Balaban J connectivity index is 1.87. The van der Waals surface area contributed by atoms with E-state index in [1.807, 2.05) is 19.4 Å². The Morgan fingerprint density at radius 3 is 2.53 bits per heavy atom. The summed E-state index contributed by atoms with van der Waals surface area (Å²) in [6, 6.07) is 0.735. The molecule has 1 aliphatic rings. The molecule has 2 rings (SSSR count). The number of hydrogen-bond acceptors (Lipinski definition) is 4. The Hall–Kier alpha value is -1.16. The van der Waals surface area contributed by atoms with Crippen molar-refractivity contribution in [2.45, 2.75) is 39.3 Å². The Morgan fingerprint density at radius 2 is 2.00 bits per heavy atom. The van der Waals surface area contributed by atoms with E-state index in [1.165, 1.54) is 18.4 Å². The van der Waals surface area contributed by atoms with Gasteiger partial charge in [-0.1, -0.05) is 13.8 Å². The first-order chi connectivity index (χ1) is 8.15. The van der Waals surface area contributed by atoms with Crippen LogP contribution in [0.15, 0.2) is 12.4 Å². The SMILES string of the molecule is CC(C)CN(C)c1ncc(CNC2CC2)cn1. The molecule has 0 atom stereocenters. The van der Waals surface area contributed by atoms with Crippen LogP contribution in [0.5, 0.6) is 0 Å². The van der Waals surface area contributed by atoms with Gasteiger partial charge in [-0.05, 0) is 18.8 Å². The van der Waals surface area contributed by atoms with E-state index in [9.17, 15) is 0 Å². The molecule has 1 fully saturated rings. The Morgan fingerprint density at radius 1 is 1.35 bits per heavy atom. The van der Waals surface area contributed by atoms with Gasteiger partial charge in [0.25, 0.3) is 0 Å². The average Bonchev–Trinajstić information content (AvgIpc) is 3.10. The van der Waals surface area contributed by atoms with Crippen molar-refractivity contribution in [3.8, 4) is 0 Å². The topological polar surface area (TPSA) is 41.1 Å². The summed E-state index contributed by atoms with van der Waals surface area (Å²) in [5, 5.41) is 3.46. The molecule has 94 valence electrons. The van der Waals surface area contributed by atoms with Gasteiger partial charge >= 0.3 is 0 Å². The van der Waals surface area contributed by atoms with Crippen LogP contribution < -0.4 is 10.2 Å². The molecular weight excluding hydrogens is 212 g/mol. The molecule has 1 heterocycles. The summed E-state index contributed by atoms with van der Waals surface area (Å²) in [4.78, 5) is 10.9. The zero-order chi connectivity index (χ0) is 12.3. The zero-order valence-electron chi connectivity index (χ0n) is 11.0. The van der Waals surface area contributed by atoms with Crippen LogP contribution in [0.1, 0.15) is 32.3 Å². The molecule has 4 heteroatoms. The van der Waals surface area contributed by atoms with E-state index in [-0.39, 0.29) is 0 Å². The molecule has 17 heavy (non-hydrogen) atoms. The highest BCUT2D eigenvalue weighted by molar-refractivity contribution is 5.28. The fourth-order valence-corrected chi connectivity index (χ4v) is 1.82. The quantitative estimate of drug-likeness (QED) is 0.815. The van der Waals surface area contributed by atoms with Gasteiger partial charge in [-0.25, -0.2) is 9.97 Å². The van der Waals surface area contributed by atoms with Gasteiger partial charge in [0.1, 0.15) is 0 Å². The summed E-state index contributed by atoms with van der Waals surface area (Å²) in [6.45, 7) is 6.27. The van der Waals surface area contributed by atoms with Gasteiger partial charge in [0, 0.05) is 44.1 Å². The van der Waals surface area contributed by atoms with Crippen molar-refractivity contribution in [1.82, 2.24) is 15.3 Å². The van der Waals surface area contributed by atoms with E-state index in [0.717, 1.165) is 25.1 Å². The summed E-state index contributed by atoms with van der Waals surface area (Å²) in [5.41, 5.74) is 1.17. The van der Waals surface area contributed by atoms with Crippen molar-refractivity contribution < 1.29 is 0 Å². The molecule has 1 aliphatic carbocycles. The Kier molecular flexibility index (Phi) is 3.94. The first kappa shape index (κ1) is 12.3. The minimum atomic E-state index is 0.625. The van der Waals surface area contributed by atoms with Gasteiger partial charge in [-0.2, -0.15) is 0 Å². The Labute approximate surface area is 103 Å². The minimum absolute atomic E-state index is 0.625. The van der Waals surface area contributed by atoms with Crippen molar-refractivity contribution in [3.05, 3.63) is 18.0 Å². The van der Waals surface area contributed by atoms with Crippen LogP contribution in [0, 0.1) is 5.92 Å². The van der Waals surface area contributed by atoms with Crippen molar-refractivity contribution in [2.24, 2.45) is 5.92 Å². The third-order valence-corrected chi connectivity index (χ3v) is 2.84. The maximum absolute atomic E-state index is 4.40. The molecule has 4 nitrogen and oxygen atoms in total. The van der Waals surface area contributed by atoms with Crippen molar-refractivity contribution in [1.29, 1.82) is 0 Å². The molecule has 0 spiro atoms. The van der Waals surface area contributed by atoms with Gasteiger partial charge in [0.15, 0.2) is 0 Å². The van der Waals surface area contributed by atoms with Crippen LogP contribution in [-0.4, -0.2) is 29.6 Å². The van der Waals surface area contributed by atoms with Gasteiger partial charge in [-0.3, -0.25) is 0 Å². The zero-order valence-corrected chi connectivity index (χ0v) is 11.0. The standard InChI is InChI=1S/C13H22N4/c1-10(2)9-17(3)13-15-7-11(8-16-13)6-14-12-4-5-12/h7-8,10,12,14H,4-6,9H2,1-3H3. The molecule has 0 amide bonds. The van der Waals surface area contributed by atoms with E-state index in [1.54, 1.807) is 0 Å². The maximum atomic E-state index is 4.40. The van der Waals surface area contributed by atoms with Crippen LogP contribution in [0.3, 0.4) is 0 Å². The average molecular weight is 234 g/mol. The predicted molar refractivity (Wildman–Crippen MR) is 70.0 cm³/mol. The molecule has 0 bridgehead atoms. The summed E-state index contributed by atoms with van der Waals surface area (Å²) in [7, 11) is 2.04. The van der Waals surface area contributed by atoms with Crippen LogP contribution in [0.4, 0.5) is 5.95 Å². The highest BCUT2D eigenvalue weighted by Crippen LogP contribution is 2.19. The third-order valence-electron chi connectivity index (χ3n) is 2.84. The lowest BCUT2D eigenvalue weighted by Crippen LogP contribution is -2.24. The second-order valence-corrected chi connectivity index (χ2v) is 5.32. The number of nitrogens with zero attached hydrogens (tertiary/aromatic N) is 3. The van der Waals surface area contributed by atoms with Crippen LogP contribution >= 0.6 is 0 Å². The number of aromatic nitrogens is 2. The first-order valence-corrected chi connectivity index (χ1v) is 6.40. The number of hydrogen-bond donors (Lipinski definition) is 1. The van der Waals surface area contributed by atoms with E-state index >= 15 is 0 Å². The van der Waals surface area contributed by atoms with Crippen molar-refractivity contribution >= 4 is 5.95 Å². The fraction of sp³-hybridized carbons (Fsp3) is 0.692. The summed E-state index contributed by atoms with van der Waals surface area (Å²) >= 11 is 0. The smallest absolute Gasteiger partial charge is 0.225 e. The van der Waals surface area contributed by atoms with Gasteiger partial charge in [0.2, 0.25) is 5.95 Å². The molecule has 0 aliphatic heterocycles. The lowest BCUT2D eigenvalue weighted by atomic mass is 10.2. The van der Waals surface area contributed by atoms with Crippen LogP contribution in [0.2, 0.25) is 0 Å². The van der Waals surface area contributed by atoms with Gasteiger partial charge < -0.3 is 10.2 Å². The molecular formula is C13H22N4. The van der Waals surface area contributed by atoms with E-state index in [0.29, 0.717) is 5.92 Å². The first-order valence-electron chi connectivity index (χ1n) is 6.40. The molecule has 1 aromatic heterocycles. The van der Waals surface area contributed by atoms with Crippen molar-refractivity contribution in [2.75, 3.05) is 18.5 Å². The summed E-state index contributed by atoms with van der Waals surface area (Å²) < 4.78 is 0. The van der Waals surface area contributed by atoms with E-state index in [2.05, 4.69) is 34.0 Å². The number of nitrogens with one attached hydrogen (secondary N) is 1. The Bertz CT molecular complexity index is 343. The largest absolute Gasteiger partial charge is 0.344 e. The second-order valence-electron chi connectivity index (χ2n) is 5.32. The van der Waals surface area contributed by atoms with Crippen molar-refractivity contribution in [3.63, 3.8) is 0 Å². The fourth-order valence-electron chi connectivity index (χ4n) is 1.82. The summed E-state index contributed by atoms with van der Waals surface area (Å²) in [5.74, 6) is 1.44. The number of anilines is 1. The highest BCUT2D eigenvalue weighted by atomic mass is 15.2. The van der Waals surface area contributed by atoms with E-state index in [4.69, 9.17) is 0 Å². The monoisotopic (exact) mass is 234 g/mol. The minimum Gasteiger partial charge on any atom is -0.344 e. The molecule has 0 radical (unpaired) electrons. The van der Waals surface area contributed by atoms with Gasteiger partial charge in [-0.15, -0.1) is 0 Å². The highest BCUT2D eigenvalue weighted by Gasteiger charge is 2.20. The maximum Gasteiger partial charge on any atom is 0.225 e. The van der Waals surface area contributed by atoms with E-state index < -0.39 is 0 Å². The lowest BCUT2D eigenvalue weighted by molar-refractivity contribution is 0.628. The molecule has 0 unspecified atom stereocenters. The second kappa shape index (κ2) is 5.45. The molecule has 0 saturated heterocycles. The number of rotatable bonds is 6. The van der Waals surface area contributed by atoms with Gasteiger partial charge in [0.05, 0.1) is 0 Å². The normalized spacial score (nSPS) is 15.3. The molecule has 0 aromatic carbocycles.